The fraction of sp³-hybridized carbons (Fsp3) is 0.800. The fourth-order valence-electron chi connectivity index (χ4n) is 0.907. The molecule has 88 valence electrons. The monoisotopic (exact) mass is 215 g/mol. The third kappa shape index (κ3) is 5.37. The zero-order chi connectivity index (χ0) is 12.1. The highest BCUT2D eigenvalue weighted by molar-refractivity contribution is 5.80. The maximum absolute atomic E-state index is 11.2. The number of carbonyl (C=O) groups excluding carboxylic acids is 2. The zero-order valence-electron chi connectivity index (χ0n) is 9.96. The number of carbonyl (C=O) groups is 2. The van der Waals surface area contributed by atoms with Crippen LogP contribution in [0.2, 0.25) is 0 Å². The van der Waals surface area contributed by atoms with Crippen LogP contribution in [-0.2, 0) is 9.59 Å². The molecule has 0 aromatic heterocycles. The first-order valence-corrected chi connectivity index (χ1v) is 4.98. The van der Waals surface area contributed by atoms with Crippen LogP contribution < -0.4 is 11.1 Å². The van der Waals surface area contributed by atoms with E-state index in [9.17, 15) is 9.59 Å². The van der Waals surface area contributed by atoms with Gasteiger partial charge in [-0.1, -0.05) is 0 Å². The van der Waals surface area contributed by atoms with Crippen LogP contribution in [-0.4, -0.2) is 43.9 Å². The van der Waals surface area contributed by atoms with Crippen LogP contribution in [0.25, 0.3) is 0 Å². The maximum atomic E-state index is 11.2. The summed E-state index contributed by atoms with van der Waals surface area (Å²) in [7, 11) is 3.44. The van der Waals surface area contributed by atoms with Crippen LogP contribution >= 0.6 is 0 Å². The van der Waals surface area contributed by atoms with E-state index < -0.39 is 5.41 Å². The van der Waals surface area contributed by atoms with E-state index in [0.29, 0.717) is 19.5 Å². The second kappa shape index (κ2) is 5.70. The Hall–Kier alpha value is -1.10. The van der Waals surface area contributed by atoms with E-state index in [1.54, 1.807) is 32.8 Å². The van der Waals surface area contributed by atoms with Crippen LogP contribution in [0, 0.1) is 5.41 Å². The van der Waals surface area contributed by atoms with E-state index in [0.717, 1.165) is 0 Å². The summed E-state index contributed by atoms with van der Waals surface area (Å²) in [6.45, 7) is 4.60. The van der Waals surface area contributed by atoms with Crippen molar-refractivity contribution in [3.8, 4) is 0 Å². The second-order valence-electron chi connectivity index (χ2n) is 4.46. The third-order valence-electron chi connectivity index (χ3n) is 2.25. The Morgan fingerprint density at radius 1 is 1.33 bits per heavy atom. The molecule has 0 spiro atoms. The van der Waals surface area contributed by atoms with E-state index >= 15 is 0 Å². The molecule has 0 heterocycles. The van der Waals surface area contributed by atoms with Crippen molar-refractivity contribution in [2.24, 2.45) is 11.1 Å². The highest BCUT2D eigenvalue weighted by Gasteiger charge is 2.23. The Balaban J connectivity index is 3.72. The Morgan fingerprint density at radius 2 is 1.87 bits per heavy atom. The lowest BCUT2D eigenvalue weighted by molar-refractivity contribution is -0.128. The molecule has 0 aliphatic heterocycles. The number of amides is 2. The second-order valence-corrected chi connectivity index (χ2v) is 4.46. The molecule has 5 nitrogen and oxygen atoms in total. The molecule has 2 amide bonds. The average molecular weight is 215 g/mol. The maximum Gasteiger partial charge on any atom is 0.224 e. The van der Waals surface area contributed by atoms with Gasteiger partial charge < -0.3 is 16.0 Å². The minimum absolute atomic E-state index is 0.0689. The Bertz CT molecular complexity index is 237. The molecule has 0 fully saturated rings. The number of nitrogens with zero attached hydrogens (tertiary/aromatic N) is 1. The number of nitrogens with one attached hydrogen (secondary N) is 1. The smallest absolute Gasteiger partial charge is 0.224 e. The summed E-state index contributed by atoms with van der Waals surface area (Å²) in [6.07, 6.45) is 0.432. The van der Waals surface area contributed by atoms with Crippen LogP contribution in [0.4, 0.5) is 0 Å². The third-order valence-corrected chi connectivity index (χ3v) is 2.25. The molecule has 15 heavy (non-hydrogen) atoms. The molecular formula is C10H21N3O2. The van der Waals surface area contributed by atoms with E-state index in [2.05, 4.69) is 5.32 Å². The van der Waals surface area contributed by atoms with E-state index in [1.807, 2.05) is 0 Å². The van der Waals surface area contributed by atoms with Crippen molar-refractivity contribution in [2.75, 3.05) is 27.2 Å². The molecule has 3 N–H and O–H groups in total. The molecular weight excluding hydrogens is 194 g/mol. The van der Waals surface area contributed by atoms with Gasteiger partial charge >= 0.3 is 0 Å². The molecule has 0 saturated heterocycles. The molecule has 0 aromatic carbocycles. The van der Waals surface area contributed by atoms with E-state index in [4.69, 9.17) is 5.73 Å². The molecule has 0 aliphatic rings. The van der Waals surface area contributed by atoms with Crippen LogP contribution in [0.3, 0.4) is 0 Å². The predicted molar refractivity (Wildman–Crippen MR) is 59.2 cm³/mol. The van der Waals surface area contributed by atoms with Gasteiger partial charge in [0.05, 0.1) is 5.41 Å². The first kappa shape index (κ1) is 13.9. The molecule has 0 rings (SSSR count). The summed E-state index contributed by atoms with van der Waals surface area (Å²) < 4.78 is 0. The van der Waals surface area contributed by atoms with Crippen molar-refractivity contribution in [1.82, 2.24) is 10.2 Å². The number of nitrogens with two attached hydrogens (primary N) is 1. The van der Waals surface area contributed by atoms with Gasteiger partial charge in [-0.05, 0) is 13.8 Å². The molecule has 0 unspecified atom stereocenters. The van der Waals surface area contributed by atoms with Crippen molar-refractivity contribution in [3.05, 3.63) is 0 Å². The highest BCUT2D eigenvalue weighted by atomic mass is 16.2. The first-order chi connectivity index (χ1) is 6.77. The van der Waals surface area contributed by atoms with Gasteiger partial charge in [-0.3, -0.25) is 9.59 Å². The molecule has 0 aromatic rings. The normalized spacial score (nSPS) is 11.2. The van der Waals surface area contributed by atoms with Crippen molar-refractivity contribution in [2.45, 2.75) is 20.3 Å². The van der Waals surface area contributed by atoms with Gasteiger partial charge in [-0.15, -0.1) is 0 Å². The molecule has 0 radical (unpaired) electrons. The highest BCUT2D eigenvalue weighted by Crippen LogP contribution is 2.11. The van der Waals surface area contributed by atoms with Gasteiger partial charge in [0, 0.05) is 33.6 Å². The number of rotatable bonds is 6. The number of hydrogen-bond acceptors (Lipinski definition) is 3. The van der Waals surface area contributed by atoms with Gasteiger partial charge in [0.15, 0.2) is 0 Å². The lowest BCUT2D eigenvalue weighted by atomic mass is 9.93. The van der Waals surface area contributed by atoms with Gasteiger partial charge in [-0.25, -0.2) is 0 Å². The molecule has 0 aliphatic carbocycles. The Morgan fingerprint density at radius 3 is 2.27 bits per heavy atom. The minimum atomic E-state index is -0.568. The number of hydrogen-bond donors (Lipinski definition) is 2. The van der Waals surface area contributed by atoms with Crippen molar-refractivity contribution >= 4 is 11.8 Å². The summed E-state index contributed by atoms with van der Waals surface area (Å²) in [4.78, 5) is 23.7. The summed E-state index contributed by atoms with van der Waals surface area (Å²) in [5.74, 6) is -0.270. The Kier molecular flexibility index (Phi) is 5.28. The summed E-state index contributed by atoms with van der Waals surface area (Å²) in [5, 5.41) is 3.04. The van der Waals surface area contributed by atoms with Crippen LogP contribution in [0.5, 0.6) is 0 Å². The molecule has 5 heteroatoms. The topological polar surface area (TPSA) is 75.4 Å². The van der Waals surface area contributed by atoms with E-state index in [-0.39, 0.29) is 11.8 Å². The molecule has 0 saturated carbocycles. The lowest BCUT2D eigenvalue weighted by Crippen LogP contribution is -2.41. The van der Waals surface area contributed by atoms with Crippen molar-refractivity contribution < 1.29 is 9.59 Å². The van der Waals surface area contributed by atoms with Crippen LogP contribution in [0.15, 0.2) is 0 Å². The SMILES string of the molecule is CN(C)C(=O)CCNCC(C)(C)C(N)=O. The quantitative estimate of drug-likeness (QED) is 0.590. The van der Waals surface area contributed by atoms with Crippen molar-refractivity contribution in [3.63, 3.8) is 0 Å². The predicted octanol–water partition coefficient (Wildman–Crippen LogP) is -0.434. The summed E-state index contributed by atoms with van der Waals surface area (Å²) in [6, 6.07) is 0. The van der Waals surface area contributed by atoms with Gasteiger partial charge in [0.1, 0.15) is 0 Å². The molecule has 0 bridgehead atoms. The van der Waals surface area contributed by atoms with Gasteiger partial charge in [0.25, 0.3) is 0 Å². The standard InChI is InChI=1S/C10H21N3O2/c1-10(2,9(11)15)7-12-6-5-8(14)13(3)4/h12H,5-7H2,1-4H3,(H2,11,15). The van der Waals surface area contributed by atoms with Crippen molar-refractivity contribution in [1.29, 1.82) is 0 Å². The Labute approximate surface area is 91.0 Å². The first-order valence-electron chi connectivity index (χ1n) is 4.98. The largest absolute Gasteiger partial charge is 0.369 e. The molecule has 0 atom stereocenters. The minimum Gasteiger partial charge on any atom is -0.369 e. The van der Waals surface area contributed by atoms with E-state index in [1.165, 1.54) is 0 Å². The van der Waals surface area contributed by atoms with Crippen LogP contribution in [0.1, 0.15) is 20.3 Å². The summed E-state index contributed by atoms with van der Waals surface area (Å²) in [5.41, 5.74) is 4.64. The van der Waals surface area contributed by atoms with Gasteiger partial charge in [-0.2, -0.15) is 0 Å². The zero-order valence-corrected chi connectivity index (χ0v) is 9.96. The summed E-state index contributed by atoms with van der Waals surface area (Å²) >= 11 is 0. The van der Waals surface area contributed by atoms with Gasteiger partial charge in [0.2, 0.25) is 11.8 Å². The fourth-order valence-corrected chi connectivity index (χ4v) is 0.907. The lowest BCUT2D eigenvalue weighted by Gasteiger charge is -2.20. The number of primary amides is 1. The average Bonchev–Trinajstić information content (AvgIpc) is 2.11.